The summed E-state index contributed by atoms with van der Waals surface area (Å²) in [6.45, 7) is 3.54. The van der Waals surface area contributed by atoms with E-state index in [0.717, 1.165) is 32.6 Å². The van der Waals surface area contributed by atoms with Crippen molar-refractivity contribution in [2.45, 2.75) is 19.1 Å². The second-order valence-electron chi connectivity index (χ2n) is 4.44. The van der Waals surface area contributed by atoms with Crippen molar-refractivity contribution in [2.24, 2.45) is 5.92 Å². The molecule has 1 aromatic carbocycles. The maximum Gasteiger partial charge on any atom is 0.0705 e. The molecule has 1 aliphatic heterocycles. The van der Waals surface area contributed by atoms with Crippen LogP contribution in [0.15, 0.2) is 30.3 Å². The highest BCUT2D eigenvalue weighted by Crippen LogP contribution is 2.11. The van der Waals surface area contributed by atoms with E-state index in [4.69, 9.17) is 0 Å². The summed E-state index contributed by atoms with van der Waals surface area (Å²) in [7, 11) is 0. The van der Waals surface area contributed by atoms with E-state index >= 15 is 0 Å². The van der Waals surface area contributed by atoms with E-state index in [1.165, 1.54) is 5.56 Å². The molecule has 0 spiro atoms. The van der Waals surface area contributed by atoms with E-state index < -0.39 is 0 Å². The third-order valence-electron chi connectivity index (χ3n) is 3.17. The molecule has 3 N–H and O–H groups in total. The van der Waals surface area contributed by atoms with E-state index in [-0.39, 0.29) is 6.10 Å². The molecule has 2 atom stereocenters. The fraction of sp³-hybridized carbons (Fsp3) is 0.538. The summed E-state index contributed by atoms with van der Waals surface area (Å²) in [6, 6.07) is 10.4. The van der Waals surface area contributed by atoms with Gasteiger partial charge in [0.05, 0.1) is 6.10 Å². The Bertz CT molecular complexity index is 302. The summed E-state index contributed by atoms with van der Waals surface area (Å²) in [6.07, 6.45) is 0.861. The van der Waals surface area contributed by atoms with Crippen LogP contribution in [0.4, 0.5) is 0 Å². The SMILES string of the molecule is OC1CNCCC1CNCc1ccccc1. The van der Waals surface area contributed by atoms with Crippen LogP contribution in [0.5, 0.6) is 0 Å². The zero-order valence-corrected chi connectivity index (χ0v) is 9.52. The molecular weight excluding hydrogens is 200 g/mol. The highest BCUT2D eigenvalue weighted by molar-refractivity contribution is 5.14. The van der Waals surface area contributed by atoms with Gasteiger partial charge in [-0.15, -0.1) is 0 Å². The van der Waals surface area contributed by atoms with Crippen molar-refractivity contribution in [1.29, 1.82) is 0 Å². The minimum atomic E-state index is -0.197. The van der Waals surface area contributed by atoms with Crippen molar-refractivity contribution in [3.63, 3.8) is 0 Å². The van der Waals surface area contributed by atoms with Crippen LogP contribution in [0, 0.1) is 5.92 Å². The Hall–Kier alpha value is -0.900. The van der Waals surface area contributed by atoms with Crippen LogP contribution in [0.25, 0.3) is 0 Å². The van der Waals surface area contributed by atoms with E-state index in [2.05, 4.69) is 34.9 Å². The molecule has 3 nitrogen and oxygen atoms in total. The van der Waals surface area contributed by atoms with Gasteiger partial charge in [-0.1, -0.05) is 30.3 Å². The minimum absolute atomic E-state index is 0.197. The summed E-state index contributed by atoms with van der Waals surface area (Å²) < 4.78 is 0. The van der Waals surface area contributed by atoms with Gasteiger partial charge in [0.1, 0.15) is 0 Å². The number of benzene rings is 1. The first-order valence-electron chi connectivity index (χ1n) is 5.99. The first-order valence-corrected chi connectivity index (χ1v) is 5.99. The lowest BCUT2D eigenvalue weighted by atomic mass is 9.95. The predicted octanol–water partition coefficient (Wildman–Crippen LogP) is 0.747. The highest BCUT2D eigenvalue weighted by Gasteiger charge is 2.21. The summed E-state index contributed by atoms with van der Waals surface area (Å²) >= 11 is 0. The van der Waals surface area contributed by atoms with Crippen molar-refractivity contribution in [2.75, 3.05) is 19.6 Å². The maximum atomic E-state index is 9.76. The number of aliphatic hydroxyl groups is 1. The molecule has 0 bridgehead atoms. The fourth-order valence-electron chi connectivity index (χ4n) is 2.13. The monoisotopic (exact) mass is 220 g/mol. The van der Waals surface area contributed by atoms with Gasteiger partial charge in [-0.05, 0) is 24.4 Å². The van der Waals surface area contributed by atoms with Crippen molar-refractivity contribution in [3.8, 4) is 0 Å². The van der Waals surface area contributed by atoms with Gasteiger partial charge >= 0.3 is 0 Å². The maximum absolute atomic E-state index is 9.76. The van der Waals surface area contributed by atoms with Gasteiger partial charge in [-0.2, -0.15) is 0 Å². The molecule has 0 aromatic heterocycles. The van der Waals surface area contributed by atoms with E-state index in [0.29, 0.717) is 5.92 Å². The average Bonchev–Trinajstić information content (AvgIpc) is 2.33. The molecule has 1 fully saturated rings. The zero-order valence-electron chi connectivity index (χ0n) is 9.52. The molecule has 0 radical (unpaired) electrons. The first-order chi connectivity index (χ1) is 7.86. The first kappa shape index (κ1) is 11.6. The molecule has 88 valence electrons. The van der Waals surface area contributed by atoms with Gasteiger partial charge in [0.15, 0.2) is 0 Å². The van der Waals surface area contributed by atoms with Gasteiger partial charge in [0, 0.05) is 19.6 Å². The van der Waals surface area contributed by atoms with Crippen LogP contribution in [0.1, 0.15) is 12.0 Å². The normalized spacial score (nSPS) is 25.6. The minimum Gasteiger partial charge on any atom is -0.391 e. The molecule has 0 saturated carbocycles. The molecule has 1 aliphatic rings. The van der Waals surface area contributed by atoms with Crippen LogP contribution in [-0.4, -0.2) is 30.8 Å². The third-order valence-corrected chi connectivity index (χ3v) is 3.17. The smallest absolute Gasteiger partial charge is 0.0705 e. The molecule has 3 heteroatoms. The Morgan fingerprint density at radius 3 is 2.88 bits per heavy atom. The lowest BCUT2D eigenvalue weighted by Gasteiger charge is -2.28. The third kappa shape index (κ3) is 3.30. The standard InChI is InChI=1S/C13H20N2O/c16-13-10-14-7-6-12(13)9-15-8-11-4-2-1-3-5-11/h1-5,12-16H,6-10H2. The largest absolute Gasteiger partial charge is 0.391 e. The summed E-state index contributed by atoms with van der Waals surface area (Å²) in [4.78, 5) is 0. The Labute approximate surface area is 96.9 Å². The molecule has 0 aliphatic carbocycles. The van der Waals surface area contributed by atoms with E-state index in [9.17, 15) is 5.11 Å². The molecule has 16 heavy (non-hydrogen) atoms. The molecule has 0 amide bonds. The van der Waals surface area contributed by atoms with Gasteiger partial charge in [-0.3, -0.25) is 0 Å². The van der Waals surface area contributed by atoms with E-state index in [1.807, 2.05) is 6.07 Å². The fourth-order valence-corrected chi connectivity index (χ4v) is 2.13. The van der Waals surface area contributed by atoms with Gasteiger partial charge < -0.3 is 15.7 Å². The molecule has 2 rings (SSSR count). The number of nitrogens with one attached hydrogen (secondary N) is 2. The Kier molecular flexibility index (Phi) is 4.34. The number of hydrogen-bond donors (Lipinski definition) is 3. The van der Waals surface area contributed by atoms with Gasteiger partial charge in [-0.25, -0.2) is 0 Å². The molecule has 1 aromatic rings. The van der Waals surface area contributed by atoms with Crippen LogP contribution in [0.2, 0.25) is 0 Å². The number of piperidine rings is 1. The second kappa shape index (κ2) is 5.99. The van der Waals surface area contributed by atoms with Crippen LogP contribution in [-0.2, 0) is 6.54 Å². The van der Waals surface area contributed by atoms with Crippen LogP contribution in [0.3, 0.4) is 0 Å². The predicted molar refractivity (Wildman–Crippen MR) is 65.1 cm³/mol. The van der Waals surface area contributed by atoms with E-state index in [1.54, 1.807) is 0 Å². The highest BCUT2D eigenvalue weighted by atomic mass is 16.3. The lowest BCUT2D eigenvalue weighted by Crippen LogP contribution is -2.44. The number of β-amino-alcohol motifs (C(OH)–C–C–N with tert-alkyl or cyclic N) is 1. The van der Waals surface area contributed by atoms with Crippen LogP contribution < -0.4 is 10.6 Å². The van der Waals surface area contributed by atoms with Crippen molar-refractivity contribution in [3.05, 3.63) is 35.9 Å². The van der Waals surface area contributed by atoms with Crippen LogP contribution >= 0.6 is 0 Å². The number of aliphatic hydroxyl groups excluding tert-OH is 1. The quantitative estimate of drug-likeness (QED) is 0.701. The Balaban J connectivity index is 1.71. The number of rotatable bonds is 4. The summed E-state index contributed by atoms with van der Waals surface area (Å²) in [5.41, 5.74) is 1.30. The van der Waals surface area contributed by atoms with Crippen molar-refractivity contribution in [1.82, 2.24) is 10.6 Å². The topological polar surface area (TPSA) is 44.3 Å². The Morgan fingerprint density at radius 2 is 2.12 bits per heavy atom. The van der Waals surface area contributed by atoms with Gasteiger partial charge in [0.2, 0.25) is 0 Å². The molecule has 1 heterocycles. The molecular formula is C13H20N2O. The summed E-state index contributed by atoms with van der Waals surface area (Å²) in [5, 5.41) is 16.4. The summed E-state index contributed by atoms with van der Waals surface area (Å²) in [5.74, 6) is 0.393. The Morgan fingerprint density at radius 1 is 1.31 bits per heavy atom. The molecule has 1 saturated heterocycles. The average molecular weight is 220 g/mol. The van der Waals surface area contributed by atoms with Gasteiger partial charge in [0.25, 0.3) is 0 Å². The number of hydrogen-bond acceptors (Lipinski definition) is 3. The van der Waals surface area contributed by atoms with Crippen molar-refractivity contribution >= 4 is 0 Å². The zero-order chi connectivity index (χ0) is 11.2. The second-order valence-corrected chi connectivity index (χ2v) is 4.44. The molecule has 2 unspecified atom stereocenters. The lowest BCUT2D eigenvalue weighted by molar-refractivity contribution is 0.0813. The van der Waals surface area contributed by atoms with Crippen molar-refractivity contribution < 1.29 is 5.11 Å².